The van der Waals surface area contributed by atoms with Gasteiger partial charge < -0.3 is 14.8 Å². The molecule has 2 rings (SSSR count). The zero-order valence-corrected chi connectivity index (χ0v) is 13.5. The summed E-state index contributed by atoms with van der Waals surface area (Å²) in [6, 6.07) is 13.4. The third-order valence-electron chi connectivity index (χ3n) is 3.29. The number of carbonyl (C=O) groups excluding carboxylic acids is 1. The molecule has 128 valence electrons. The molecule has 0 aliphatic heterocycles. The van der Waals surface area contributed by atoms with E-state index in [2.05, 4.69) is 23.9 Å². The first-order valence-corrected chi connectivity index (χ1v) is 7.52. The van der Waals surface area contributed by atoms with E-state index in [1.54, 1.807) is 24.3 Å². The Morgan fingerprint density at radius 1 is 1.08 bits per heavy atom. The van der Waals surface area contributed by atoms with Crippen molar-refractivity contribution in [3.8, 4) is 11.5 Å². The van der Waals surface area contributed by atoms with Gasteiger partial charge in [0, 0.05) is 0 Å². The molecule has 1 N–H and O–H groups in total. The van der Waals surface area contributed by atoms with Crippen LogP contribution in [0.15, 0.2) is 48.5 Å². The highest BCUT2D eigenvalue weighted by Gasteiger charge is 2.12. The molecule has 0 aromatic heterocycles. The first-order valence-electron chi connectivity index (χ1n) is 7.52. The average Bonchev–Trinajstić information content (AvgIpc) is 2.54. The zero-order chi connectivity index (χ0) is 17.5. The number of hydrogen-bond donors (Lipinski definition) is 1. The molecule has 0 fully saturated rings. The van der Waals surface area contributed by atoms with Gasteiger partial charge in [0.25, 0.3) is 5.91 Å². The number of rotatable bonds is 7. The summed E-state index contributed by atoms with van der Waals surface area (Å²) in [7, 11) is 0. The van der Waals surface area contributed by atoms with Crippen LogP contribution in [0.1, 0.15) is 25.3 Å². The molecule has 2 aromatic carbocycles. The molecule has 24 heavy (non-hydrogen) atoms. The monoisotopic (exact) mass is 335 g/mol. The summed E-state index contributed by atoms with van der Waals surface area (Å²) in [5, 5.41) is 2.49. The number of amides is 1. The van der Waals surface area contributed by atoms with Gasteiger partial charge in [-0.15, -0.1) is 0 Å². The fourth-order valence-electron chi connectivity index (χ4n) is 2.05. The normalized spacial score (nSPS) is 10.8. The van der Waals surface area contributed by atoms with Crippen molar-refractivity contribution in [1.82, 2.24) is 0 Å². The summed E-state index contributed by atoms with van der Waals surface area (Å²) < 4.78 is 34.4. The lowest BCUT2D eigenvalue weighted by molar-refractivity contribution is -0.118. The van der Waals surface area contributed by atoms with E-state index in [9.17, 15) is 13.6 Å². The summed E-state index contributed by atoms with van der Waals surface area (Å²) >= 11 is 0. The van der Waals surface area contributed by atoms with Crippen LogP contribution in [0.3, 0.4) is 0 Å². The van der Waals surface area contributed by atoms with Crippen molar-refractivity contribution in [1.29, 1.82) is 0 Å². The van der Waals surface area contributed by atoms with Gasteiger partial charge in [0.15, 0.2) is 6.61 Å². The maximum absolute atomic E-state index is 12.3. The van der Waals surface area contributed by atoms with Crippen molar-refractivity contribution in [2.45, 2.75) is 26.4 Å². The third kappa shape index (κ3) is 5.22. The van der Waals surface area contributed by atoms with Crippen LogP contribution in [0.5, 0.6) is 11.5 Å². The Kier molecular flexibility index (Phi) is 6.12. The van der Waals surface area contributed by atoms with Gasteiger partial charge in [0.1, 0.15) is 11.5 Å². The predicted molar refractivity (Wildman–Crippen MR) is 87.7 cm³/mol. The number of para-hydroxylation sites is 2. The van der Waals surface area contributed by atoms with E-state index in [-0.39, 0.29) is 18.0 Å². The molecule has 0 unspecified atom stereocenters. The molecular weight excluding hydrogens is 316 g/mol. The smallest absolute Gasteiger partial charge is 0.387 e. The van der Waals surface area contributed by atoms with Crippen LogP contribution in [-0.4, -0.2) is 19.1 Å². The standard InChI is InChI=1S/C18H19F2NO3/c1-12(2)13-7-9-14(10-8-13)23-11-17(22)21-15-5-3-4-6-16(15)24-18(19)20/h3-10,12,18H,11H2,1-2H3,(H,21,22). The zero-order valence-electron chi connectivity index (χ0n) is 13.5. The topological polar surface area (TPSA) is 47.6 Å². The number of halogens is 2. The fraction of sp³-hybridized carbons (Fsp3) is 0.278. The van der Waals surface area contributed by atoms with Gasteiger partial charge in [0.05, 0.1) is 5.69 Å². The predicted octanol–water partition coefficient (Wildman–Crippen LogP) is 4.43. The van der Waals surface area contributed by atoms with Gasteiger partial charge in [-0.1, -0.05) is 38.1 Å². The third-order valence-corrected chi connectivity index (χ3v) is 3.29. The van der Waals surface area contributed by atoms with Crippen molar-refractivity contribution in [3.05, 3.63) is 54.1 Å². The molecule has 0 radical (unpaired) electrons. The van der Waals surface area contributed by atoms with Gasteiger partial charge in [-0.3, -0.25) is 4.79 Å². The van der Waals surface area contributed by atoms with Crippen molar-refractivity contribution in [2.75, 3.05) is 11.9 Å². The molecule has 0 saturated carbocycles. The van der Waals surface area contributed by atoms with E-state index < -0.39 is 12.5 Å². The minimum atomic E-state index is -2.96. The lowest BCUT2D eigenvalue weighted by atomic mass is 10.0. The van der Waals surface area contributed by atoms with E-state index in [4.69, 9.17) is 4.74 Å². The lowest BCUT2D eigenvalue weighted by Gasteiger charge is -2.12. The second-order valence-electron chi connectivity index (χ2n) is 5.44. The van der Waals surface area contributed by atoms with E-state index in [1.165, 1.54) is 17.7 Å². The van der Waals surface area contributed by atoms with Gasteiger partial charge >= 0.3 is 6.61 Å². The Balaban J connectivity index is 1.92. The molecule has 0 spiro atoms. The van der Waals surface area contributed by atoms with Crippen LogP contribution < -0.4 is 14.8 Å². The van der Waals surface area contributed by atoms with E-state index >= 15 is 0 Å². The number of carbonyl (C=O) groups is 1. The molecule has 0 aliphatic rings. The summed E-state index contributed by atoms with van der Waals surface area (Å²) in [6.45, 7) is 0.980. The minimum absolute atomic E-state index is 0.0952. The second-order valence-corrected chi connectivity index (χ2v) is 5.44. The minimum Gasteiger partial charge on any atom is -0.484 e. The SMILES string of the molecule is CC(C)c1ccc(OCC(=O)Nc2ccccc2OC(F)F)cc1. The number of benzene rings is 2. The Morgan fingerprint density at radius 2 is 1.75 bits per heavy atom. The highest BCUT2D eigenvalue weighted by Crippen LogP contribution is 2.25. The Morgan fingerprint density at radius 3 is 2.38 bits per heavy atom. The number of ether oxygens (including phenoxy) is 2. The lowest BCUT2D eigenvalue weighted by Crippen LogP contribution is -2.20. The average molecular weight is 335 g/mol. The largest absolute Gasteiger partial charge is 0.484 e. The highest BCUT2D eigenvalue weighted by atomic mass is 19.3. The maximum atomic E-state index is 12.3. The van der Waals surface area contributed by atoms with Crippen molar-refractivity contribution < 1.29 is 23.0 Å². The molecule has 4 nitrogen and oxygen atoms in total. The van der Waals surface area contributed by atoms with Crippen LogP contribution in [0.25, 0.3) is 0 Å². The van der Waals surface area contributed by atoms with Crippen LogP contribution in [0.4, 0.5) is 14.5 Å². The summed E-state index contributed by atoms with van der Waals surface area (Å²) in [5.41, 5.74) is 1.34. The quantitative estimate of drug-likeness (QED) is 0.814. The number of hydrogen-bond acceptors (Lipinski definition) is 3. The van der Waals surface area contributed by atoms with Crippen molar-refractivity contribution >= 4 is 11.6 Å². The fourth-order valence-corrected chi connectivity index (χ4v) is 2.05. The molecule has 0 bridgehead atoms. The number of alkyl halides is 2. The van der Waals surface area contributed by atoms with Gasteiger partial charge in [-0.25, -0.2) is 0 Å². The summed E-state index contributed by atoms with van der Waals surface area (Å²) in [5.74, 6) is 0.413. The number of anilines is 1. The van der Waals surface area contributed by atoms with Crippen molar-refractivity contribution in [2.24, 2.45) is 0 Å². The molecule has 6 heteroatoms. The first kappa shape index (κ1) is 17.7. The molecule has 0 saturated heterocycles. The van der Waals surface area contributed by atoms with Crippen LogP contribution in [0.2, 0.25) is 0 Å². The van der Waals surface area contributed by atoms with E-state index in [0.29, 0.717) is 11.7 Å². The molecule has 2 aromatic rings. The molecule has 0 atom stereocenters. The van der Waals surface area contributed by atoms with Gasteiger partial charge in [-0.2, -0.15) is 8.78 Å². The van der Waals surface area contributed by atoms with Crippen LogP contribution in [-0.2, 0) is 4.79 Å². The van der Waals surface area contributed by atoms with Gasteiger partial charge in [-0.05, 0) is 35.7 Å². The second kappa shape index (κ2) is 8.29. The Hall–Kier alpha value is -2.63. The number of nitrogens with one attached hydrogen (secondary N) is 1. The summed E-state index contributed by atoms with van der Waals surface area (Å²) in [6.07, 6.45) is 0. The molecule has 0 aliphatic carbocycles. The summed E-state index contributed by atoms with van der Waals surface area (Å²) in [4.78, 5) is 11.9. The van der Waals surface area contributed by atoms with Crippen LogP contribution in [0, 0.1) is 0 Å². The van der Waals surface area contributed by atoms with Gasteiger partial charge in [0.2, 0.25) is 0 Å². The van der Waals surface area contributed by atoms with E-state index in [1.807, 2.05) is 12.1 Å². The van der Waals surface area contributed by atoms with Crippen LogP contribution >= 0.6 is 0 Å². The molecule has 0 heterocycles. The maximum Gasteiger partial charge on any atom is 0.387 e. The first-order chi connectivity index (χ1) is 11.5. The Labute approximate surface area is 139 Å². The highest BCUT2D eigenvalue weighted by molar-refractivity contribution is 5.93. The van der Waals surface area contributed by atoms with Crippen molar-refractivity contribution in [3.63, 3.8) is 0 Å². The van der Waals surface area contributed by atoms with E-state index in [0.717, 1.165) is 0 Å². The molecule has 1 amide bonds. The Bertz CT molecular complexity index is 672. The molecular formula is C18H19F2NO3.